The van der Waals surface area contributed by atoms with Crippen LogP contribution in [0.1, 0.15) is 17.1 Å². The van der Waals surface area contributed by atoms with Crippen molar-refractivity contribution in [1.29, 1.82) is 0 Å². The zero-order valence-corrected chi connectivity index (χ0v) is 9.73. The summed E-state index contributed by atoms with van der Waals surface area (Å²) in [5.74, 6) is 0.914. The Morgan fingerprint density at radius 3 is 2.73 bits per heavy atom. The summed E-state index contributed by atoms with van der Waals surface area (Å²) in [5, 5.41) is 1.33. The number of aryl methyl sites for hydroxylation is 1. The van der Waals surface area contributed by atoms with Gasteiger partial charge in [0.05, 0.1) is 0 Å². The van der Waals surface area contributed by atoms with Crippen LogP contribution in [-0.2, 0) is 6.42 Å². The second-order valence-corrected chi connectivity index (χ2v) is 4.27. The summed E-state index contributed by atoms with van der Waals surface area (Å²) >= 11 is 11.9. The lowest BCUT2D eigenvalue weighted by Crippen LogP contribution is -1.91. The van der Waals surface area contributed by atoms with Crippen LogP contribution < -0.4 is 0 Å². The van der Waals surface area contributed by atoms with E-state index in [0.717, 1.165) is 17.1 Å². The summed E-state index contributed by atoms with van der Waals surface area (Å²) in [6.45, 7) is 1.97. The number of hydrogen-bond acceptors (Lipinski definition) is 1. The molecule has 4 heteroatoms. The SMILES string of the molecule is Cc1cnc(Cc2ccc(Cl)cc2Cl)[nH]1. The minimum Gasteiger partial charge on any atom is -0.346 e. The summed E-state index contributed by atoms with van der Waals surface area (Å²) in [5.41, 5.74) is 2.07. The van der Waals surface area contributed by atoms with Crippen molar-refractivity contribution in [2.75, 3.05) is 0 Å². The summed E-state index contributed by atoms with van der Waals surface area (Å²) < 4.78 is 0. The van der Waals surface area contributed by atoms with E-state index in [1.165, 1.54) is 0 Å². The lowest BCUT2D eigenvalue weighted by atomic mass is 10.1. The van der Waals surface area contributed by atoms with Crippen LogP contribution in [0, 0.1) is 6.92 Å². The highest BCUT2D eigenvalue weighted by Gasteiger charge is 2.04. The second kappa shape index (κ2) is 4.25. The summed E-state index contributed by atoms with van der Waals surface area (Å²) in [6.07, 6.45) is 2.50. The normalized spacial score (nSPS) is 10.6. The van der Waals surface area contributed by atoms with Crippen molar-refractivity contribution < 1.29 is 0 Å². The smallest absolute Gasteiger partial charge is 0.110 e. The molecule has 2 nitrogen and oxygen atoms in total. The molecule has 0 unspecified atom stereocenters. The molecule has 0 bridgehead atoms. The van der Waals surface area contributed by atoms with Crippen LogP contribution in [0.3, 0.4) is 0 Å². The van der Waals surface area contributed by atoms with Gasteiger partial charge < -0.3 is 4.98 Å². The predicted molar refractivity (Wildman–Crippen MR) is 62.6 cm³/mol. The van der Waals surface area contributed by atoms with E-state index >= 15 is 0 Å². The van der Waals surface area contributed by atoms with Gasteiger partial charge >= 0.3 is 0 Å². The minimum atomic E-state index is 0.652. The highest BCUT2D eigenvalue weighted by atomic mass is 35.5. The van der Waals surface area contributed by atoms with E-state index in [9.17, 15) is 0 Å². The monoisotopic (exact) mass is 240 g/mol. The molecule has 0 atom stereocenters. The molecule has 0 aliphatic heterocycles. The molecule has 1 N–H and O–H groups in total. The van der Waals surface area contributed by atoms with Gasteiger partial charge in [-0.3, -0.25) is 0 Å². The first-order valence-electron chi connectivity index (χ1n) is 4.59. The number of rotatable bonds is 2. The Hall–Kier alpha value is -0.990. The van der Waals surface area contributed by atoms with Gasteiger partial charge in [-0.05, 0) is 24.6 Å². The van der Waals surface area contributed by atoms with Crippen molar-refractivity contribution in [1.82, 2.24) is 9.97 Å². The predicted octanol–water partition coefficient (Wildman–Crippen LogP) is 3.62. The number of aromatic nitrogens is 2. The van der Waals surface area contributed by atoms with Crippen molar-refractivity contribution >= 4 is 23.2 Å². The first-order chi connectivity index (χ1) is 7.15. The lowest BCUT2D eigenvalue weighted by Gasteiger charge is -2.02. The van der Waals surface area contributed by atoms with Crippen molar-refractivity contribution in [2.24, 2.45) is 0 Å². The Bertz CT molecular complexity index is 477. The first kappa shape index (κ1) is 10.5. The molecule has 0 saturated heterocycles. The van der Waals surface area contributed by atoms with Crippen LogP contribution in [0.25, 0.3) is 0 Å². The van der Waals surface area contributed by atoms with Gasteiger partial charge in [0.1, 0.15) is 5.82 Å². The number of hydrogen-bond donors (Lipinski definition) is 1. The largest absolute Gasteiger partial charge is 0.346 e. The molecular weight excluding hydrogens is 231 g/mol. The molecule has 1 heterocycles. The Balaban J connectivity index is 2.24. The summed E-state index contributed by atoms with van der Waals surface area (Å²) in [4.78, 5) is 7.39. The van der Waals surface area contributed by atoms with Gasteiger partial charge in [0.25, 0.3) is 0 Å². The van der Waals surface area contributed by atoms with Crippen LogP contribution in [0.15, 0.2) is 24.4 Å². The maximum atomic E-state index is 6.06. The van der Waals surface area contributed by atoms with Crippen molar-refractivity contribution in [3.8, 4) is 0 Å². The molecule has 0 aliphatic carbocycles. The number of imidazole rings is 1. The maximum absolute atomic E-state index is 6.06. The van der Waals surface area contributed by atoms with Gasteiger partial charge in [0.2, 0.25) is 0 Å². The van der Waals surface area contributed by atoms with Crippen LogP contribution in [0.2, 0.25) is 10.0 Å². The quantitative estimate of drug-likeness (QED) is 0.854. The Morgan fingerprint density at radius 2 is 2.13 bits per heavy atom. The molecule has 0 fully saturated rings. The lowest BCUT2D eigenvalue weighted by molar-refractivity contribution is 1.02. The first-order valence-corrected chi connectivity index (χ1v) is 5.35. The average Bonchev–Trinajstić information content (AvgIpc) is 2.56. The number of aromatic amines is 1. The number of nitrogens with one attached hydrogen (secondary N) is 1. The number of halogens is 2. The van der Waals surface area contributed by atoms with E-state index < -0.39 is 0 Å². The number of benzene rings is 1. The summed E-state index contributed by atoms with van der Waals surface area (Å²) in [7, 11) is 0. The standard InChI is InChI=1S/C11H10Cl2N2/c1-7-6-14-11(15-7)4-8-2-3-9(12)5-10(8)13/h2-3,5-6H,4H2,1H3,(H,14,15). The number of H-pyrrole nitrogens is 1. The van der Waals surface area contributed by atoms with Gasteiger partial charge in [-0.2, -0.15) is 0 Å². The Labute approximate surface area is 98.3 Å². The van der Waals surface area contributed by atoms with Gasteiger partial charge in [-0.1, -0.05) is 29.3 Å². The molecule has 2 aromatic rings. The van der Waals surface area contributed by atoms with Crippen molar-refractivity contribution in [3.05, 3.63) is 51.5 Å². The van der Waals surface area contributed by atoms with Crippen LogP contribution in [-0.4, -0.2) is 9.97 Å². The topological polar surface area (TPSA) is 28.7 Å². The van der Waals surface area contributed by atoms with Gasteiger partial charge in [-0.15, -0.1) is 0 Å². The van der Waals surface area contributed by atoms with Gasteiger partial charge in [0, 0.05) is 28.4 Å². The maximum Gasteiger partial charge on any atom is 0.110 e. The second-order valence-electron chi connectivity index (χ2n) is 3.43. The molecule has 78 valence electrons. The van der Waals surface area contributed by atoms with E-state index in [4.69, 9.17) is 23.2 Å². The molecule has 0 aliphatic rings. The average molecular weight is 241 g/mol. The van der Waals surface area contributed by atoms with Crippen LogP contribution in [0.5, 0.6) is 0 Å². The van der Waals surface area contributed by atoms with E-state index in [-0.39, 0.29) is 0 Å². The molecule has 0 spiro atoms. The van der Waals surface area contributed by atoms with Crippen LogP contribution >= 0.6 is 23.2 Å². The highest BCUT2D eigenvalue weighted by molar-refractivity contribution is 6.35. The zero-order valence-electron chi connectivity index (χ0n) is 8.22. The van der Waals surface area contributed by atoms with E-state index in [1.807, 2.05) is 19.1 Å². The van der Waals surface area contributed by atoms with E-state index in [0.29, 0.717) is 16.5 Å². The van der Waals surface area contributed by atoms with Crippen molar-refractivity contribution in [3.63, 3.8) is 0 Å². The molecule has 1 aromatic carbocycles. The van der Waals surface area contributed by atoms with Gasteiger partial charge in [-0.25, -0.2) is 4.98 Å². The Morgan fingerprint density at radius 1 is 1.33 bits per heavy atom. The van der Waals surface area contributed by atoms with E-state index in [1.54, 1.807) is 12.3 Å². The third kappa shape index (κ3) is 2.52. The molecule has 1 aromatic heterocycles. The van der Waals surface area contributed by atoms with E-state index in [2.05, 4.69) is 9.97 Å². The molecular formula is C11H10Cl2N2. The molecule has 0 radical (unpaired) electrons. The fourth-order valence-electron chi connectivity index (χ4n) is 1.40. The molecule has 0 saturated carbocycles. The highest BCUT2D eigenvalue weighted by Crippen LogP contribution is 2.22. The molecule has 2 rings (SSSR count). The third-order valence-corrected chi connectivity index (χ3v) is 2.72. The fraction of sp³-hybridized carbons (Fsp3) is 0.182. The third-order valence-electron chi connectivity index (χ3n) is 2.13. The summed E-state index contributed by atoms with van der Waals surface area (Å²) in [6, 6.07) is 5.50. The zero-order chi connectivity index (χ0) is 10.8. The Kier molecular flexibility index (Phi) is 2.98. The van der Waals surface area contributed by atoms with Crippen molar-refractivity contribution in [2.45, 2.75) is 13.3 Å². The van der Waals surface area contributed by atoms with Gasteiger partial charge in [0.15, 0.2) is 0 Å². The molecule has 15 heavy (non-hydrogen) atoms. The molecule has 0 amide bonds. The van der Waals surface area contributed by atoms with Crippen LogP contribution in [0.4, 0.5) is 0 Å². The number of nitrogens with zero attached hydrogens (tertiary/aromatic N) is 1. The fourth-order valence-corrected chi connectivity index (χ4v) is 1.88. The minimum absolute atomic E-state index is 0.652.